The highest BCUT2D eigenvalue weighted by Gasteiger charge is 2.46. The van der Waals surface area contributed by atoms with E-state index in [0.717, 1.165) is 6.54 Å². The topological polar surface area (TPSA) is 112 Å². The van der Waals surface area contributed by atoms with Gasteiger partial charge >= 0.3 is 5.97 Å². The molecule has 1 saturated heterocycles. The van der Waals surface area contributed by atoms with Crippen LogP contribution in [0.2, 0.25) is 0 Å². The van der Waals surface area contributed by atoms with E-state index in [9.17, 15) is 19.5 Å². The maximum absolute atomic E-state index is 13.3. The summed E-state index contributed by atoms with van der Waals surface area (Å²) in [7, 11) is 5.13. The fourth-order valence-electron chi connectivity index (χ4n) is 4.46. The summed E-state index contributed by atoms with van der Waals surface area (Å²) in [5, 5.41) is 11.4. The van der Waals surface area contributed by atoms with E-state index in [1.54, 1.807) is 44.2 Å². The van der Waals surface area contributed by atoms with Gasteiger partial charge in [0.1, 0.15) is 23.8 Å². The van der Waals surface area contributed by atoms with Crippen molar-refractivity contribution in [3.05, 3.63) is 70.6 Å². The number of benzene rings is 1. The highest BCUT2D eigenvalue weighted by molar-refractivity contribution is 6.46. The number of ketones is 1. The Hall–Kier alpha value is -3.85. The molecule has 1 aliphatic heterocycles. The lowest BCUT2D eigenvalue weighted by atomic mass is 9.94. The average Bonchev–Trinajstić information content (AvgIpc) is 3.29. The number of rotatable bonds is 10. The first-order valence-electron chi connectivity index (χ1n) is 11.7. The van der Waals surface area contributed by atoms with Gasteiger partial charge in [0.05, 0.1) is 18.7 Å². The molecule has 2 N–H and O–H groups in total. The van der Waals surface area contributed by atoms with E-state index < -0.39 is 23.7 Å². The standard InChI is InChI=1S/C27H33N3O6/c1-7-15-36-19-11-9-18(10-12-19)23-21(25(32)26(33)30(23)14-8-13-29(4)5)24(31)20-16(2)22(27(34)35-6)28-17(20)3/h7,9-12,23,28,31H,1,8,13-15H2,2-6H3/b24-21+/t23-/m0/s1. The van der Waals surface area contributed by atoms with Crippen LogP contribution in [0.4, 0.5) is 0 Å². The lowest BCUT2D eigenvalue weighted by Crippen LogP contribution is -2.32. The molecule has 0 aliphatic carbocycles. The summed E-state index contributed by atoms with van der Waals surface area (Å²) in [6.07, 6.45) is 2.28. The average molecular weight is 496 g/mol. The Morgan fingerprint density at radius 3 is 2.47 bits per heavy atom. The van der Waals surface area contributed by atoms with Gasteiger partial charge in [-0.25, -0.2) is 4.79 Å². The van der Waals surface area contributed by atoms with Crippen LogP contribution in [-0.4, -0.2) is 78.5 Å². The number of ether oxygens (including phenoxy) is 2. The van der Waals surface area contributed by atoms with Crippen LogP contribution in [0.1, 0.15) is 45.3 Å². The number of aliphatic hydroxyl groups is 1. The summed E-state index contributed by atoms with van der Waals surface area (Å²) in [6, 6.07) is 6.26. The number of H-pyrrole nitrogens is 1. The highest BCUT2D eigenvalue weighted by atomic mass is 16.5. The molecule has 2 aromatic rings. The number of carbonyl (C=O) groups is 3. The lowest BCUT2D eigenvalue weighted by molar-refractivity contribution is -0.139. The SMILES string of the molecule is C=CCOc1ccc([C@H]2/C(=C(\O)c3c(C)[nH]c(C(=O)OC)c3C)C(=O)C(=O)N2CCCN(C)C)cc1. The number of nitrogens with zero attached hydrogens (tertiary/aromatic N) is 2. The Bertz CT molecular complexity index is 1190. The minimum absolute atomic E-state index is 0.0220. The number of hydrogen-bond donors (Lipinski definition) is 2. The number of amides is 1. The molecule has 9 heteroatoms. The molecule has 0 unspecified atom stereocenters. The zero-order valence-corrected chi connectivity index (χ0v) is 21.4. The number of carbonyl (C=O) groups excluding carboxylic acids is 3. The molecule has 0 bridgehead atoms. The summed E-state index contributed by atoms with van der Waals surface area (Å²) < 4.78 is 10.4. The molecule has 1 aromatic heterocycles. The zero-order chi connectivity index (χ0) is 26.6. The van der Waals surface area contributed by atoms with Crippen LogP contribution in [0, 0.1) is 13.8 Å². The molecule has 9 nitrogen and oxygen atoms in total. The number of aryl methyl sites for hydroxylation is 1. The number of Topliss-reactive ketones (excluding diaryl/α,β-unsaturated/α-hetero) is 1. The number of nitrogens with one attached hydrogen (secondary N) is 1. The number of esters is 1. The first-order valence-corrected chi connectivity index (χ1v) is 11.7. The zero-order valence-electron chi connectivity index (χ0n) is 21.4. The third-order valence-electron chi connectivity index (χ3n) is 6.17. The van der Waals surface area contributed by atoms with E-state index in [4.69, 9.17) is 9.47 Å². The van der Waals surface area contributed by atoms with Gasteiger partial charge in [-0.3, -0.25) is 9.59 Å². The van der Waals surface area contributed by atoms with Crippen LogP contribution < -0.4 is 4.74 Å². The second kappa shape index (κ2) is 11.3. The molecule has 2 heterocycles. The summed E-state index contributed by atoms with van der Waals surface area (Å²) in [5.41, 5.74) is 2.03. The fourth-order valence-corrected chi connectivity index (χ4v) is 4.46. The van der Waals surface area contributed by atoms with Crippen LogP contribution >= 0.6 is 0 Å². The van der Waals surface area contributed by atoms with Gasteiger partial charge in [0.25, 0.3) is 11.7 Å². The van der Waals surface area contributed by atoms with Gasteiger partial charge in [-0.05, 0) is 64.2 Å². The van der Waals surface area contributed by atoms with Crippen LogP contribution in [0.25, 0.3) is 5.76 Å². The summed E-state index contributed by atoms with van der Waals surface area (Å²) in [4.78, 5) is 45.0. The molecule has 192 valence electrons. The van der Waals surface area contributed by atoms with Crippen LogP contribution in [0.3, 0.4) is 0 Å². The van der Waals surface area contributed by atoms with Gasteiger partial charge in [0.15, 0.2) is 0 Å². The molecule has 1 amide bonds. The van der Waals surface area contributed by atoms with E-state index in [2.05, 4.69) is 11.6 Å². The molecule has 1 atom stereocenters. The lowest BCUT2D eigenvalue weighted by Gasteiger charge is -2.26. The first kappa shape index (κ1) is 26.7. The number of methoxy groups -OCH3 is 1. The van der Waals surface area contributed by atoms with Crippen molar-refractivity contribution >= 4 is 23.4 Å². The number of likely N-dealkylation sites (tertiary alicyclic amines) is 1. The minimum Gasteiger partial charge on any atom is -0.507 e. The molecule has 1 fully saturated rings. The monoisotopic (exact) mass is 495 g/mol. The fraction of sp³-hybridized carbons (Fsp3) is 0.370. The quantitative estimate of drug-likeness (QED) is 0.171. The number of aliphatic hydroxyl groups excluding tert-OH is 1. The molecule has 1 aliphatic rings. The largest absolute Gasteiger partial charge is 0.507 e. The first-order chi connectivity index (χ1) is 17.1. The minimum atomic E-state index is -0.795. The Morgan fingerprint density at radius 1 is 1.22 bits per heavy atom. The maximum Gasteiger partial charge on any atom is 0.354 e. The summed E-state index contributed by atoms with van der Waals surface area (Å²) in [6.45, 7) is 8.37. The van der Waals surface area contributed by atoms with E-state index >= 15 is 0 Å². The number of aromatic nitrogens is 1. The van der Waals surface area contributed by atoms with E-state index in [0.29, 0.717) is 47.7 Å². The Balaban J connectivity index is 2.14. The van der Waals surface area contributed by atoms with Crippen molar-refractivity contribution in [2.75, 3.05) is 40.9 Å². The van der Waals surface area contributed by atoms with Gasteiger partial charge in [-0.2, -0.15) is 0 Å². The predicted octanol–water partition coefficient (Wildman–Crippen LogP) is 3.36. The summed E-state index contributed by atoms with van der Waals surface area (Å²) >= 11 is 0. The van der Waals surface area contributed by atoms with Crippen molar-refractivity contribution in [3.63, 3.8) is 0 Å². The molecule has 3 rings (SSSR count). The van der Waals surface area contributed by atoms with Gasteiger partial charge < -0.3 is 29.4 Å². The third kappa shape index (κ3) is 5.21. The second-order valence-electron chi connectivity index (χ2n) is 8.93. The van der Waals surface area contributed by atoms with Crippen molar-refractivity contribution < 1.29 is 29.0 Å². The second-order valence-corrected chi connectivity index (χ2v) is 8.93. The van der Waals surface area contributed by atoms with Gasteiger partial charge in [0.2, 0.25) is 0 Å². The molecule has 0 spiro atoms. The highest BCUT2D eigenvalue weighted by Crippen LogP contribution is 2.41. The van der Waals surface area contributed by atoms with Crippen molar-refractivity contribution in [2.24, 2.45) is 0 Å². The molecule has 0 saturated carbocycles. The van der Waals surface area contributed by atoms with E-state index in [1.165, 1.54) is 12.0 Å². The van der Waals surface area contributed by atoms with Crippen LogP contribution in [-0.2, 0) is 14.3 Å². The predicted molar refractivity (Wildman–Crippen MR) is 136 cm³/mol. The van der Waals surface area contributed by atoms with Gasteiger partial charge in [0, 0.05) is 17.8 Å². The number of hydrogen-bond acceptors (Lipinski definition) is 7. The van der Waals surface area contributed by atoms with E-state index in [-0.39, 0.29) is 17.0 Å². The van der Waals surface area contributed by atoms with Crippen molar-refractivity contribution in [1.82, 2.24) is 14.8 Å². The van der Waals surface area contributed by atoms with Crippen LogP contribution in [0.15, 0.2) is 42.5 Å². The molecule has 36 heavy (non-hydrogen) atoms. The maximum atomic E-state index is 13.3. The Morgan fingerprint density at radius 2 is 1.89 bits per heavy atom. The van der Waals surface area contributed by atoms with Crippen molar-refractivity contribution in [1.29, 1.82) is 0 Å². The summed E-state index contributed by atoms with van der Waals surface area (Å²) in [5.74, 6) is -1.75. The molecular formula is C27H33N3O6. The van der Waals surface area contributed by atoms with Crippen molar-refractivity contribution in [3.8, 4) is 5.75 Å². The smallest absolute Gasteiger partial charge is 0.354 e. The Kier molecular flexibility index (Phi) is 8.37. The third-order valence-corrected chi connectivity index (χ3v) is 6.17. The molecular weight excluding hydrogens is 462 g/mol. The van der Waals surface area contributed by atoms with Crippen LogP contribution in [0.5, 0.6) is 5.75 Å². The number of aromatic amines is 1. The van der Waals surface area contributed by atoms with Gasteiger partial charge in [-0.1, -0.05) is 24.8 Å². The van der Waals surface area contributed by atoms with Gasteiger partial charge in [-0.15, -0.1) is 0 Å². The normalized spacial score (nSPS) is 17.1. The molecule has 0 radical (unpaired) electrons. The van der Waals surface area contributed by atoms with E-state index in [1.807, 2.05) is 19.0 Å². The van der Waals surface area contributed by atoms with Crippen molar-refractivity contribution in [2.45, 2.75) is 26.3 Å². The molecule has 1 aromatic carbocycles. The Labute approximate surface area is 211 Å².